The summed E-state index contributed by atoms with van der Waals surface area (Å²) >= 11 is 7.07. The quantitative estimate of drug-likeness (QED) is 0.847. The Bertz CT molecular complexity index is 568. The third kappa shape index (κ3) is 3.22. The molecule has 1 aromatic rings. The van der Waals surface area contributed by atoms with Gasteiger partial charge in [-0.1, -0.05) is 11.6 Å². The second kappa shape index (κ2) is 4.61. The number of fused-ring (bicyclic) bond motifs is 1. The van der Waals surface area contributed by atoms with E-state index in [0.29, 0.717) is 15.5 Å². The lowest BCUT2D eigenvalue weighted by Gasteiger charge is -2.21. The third-order valence-electron chi connectivity index (χ3n) is 2.35. The van der Waals surface area contributed by atoms with Gasteiger partial charge in [-0.15, -0.1) is 11.8 Å². The highest BCUT2D eigenvalue weighted by molar-refractivity contribution is 8.01. The molecule has 0 saturated heterocycles. The summed E-state index contributed by atoms with van der Waals surface area (Å²) in [5.74, 6) is -0.555. The summed E-state index contributed by atoms with van der Waals surface area (Å²) in [7, 11) is -4.06. The number of rotatable bonds is 2. The zero-order chi connectivity index (χ0) is 12.6. The van der Waals surface area contributed by atoms with E-state index in [-0.39, 0.29) is 12.2 Å². The molecule has 1 aliphatic rings. The van der Waals surface area contributed by atoms with Crippen molar-refractivity contribution < 1.29 is 17.8 Å². The molecule has 1 N–H and O–H groups in total. The number of carbonyl (C=O) groups excluding carboxylic acids is 1. The van der Waals surface area contributed by atoms with E-state index in [1.165, 1.54) is 11.8 Å². The van der Waals surface area contributed by atoms with Crippen LogP contribution in [0.4, 0.5) is 0 Å². The Balaban J connectivity index is 2.28. The van der Waals surface area contributed by atoms with Gasteiger partial charge in [0.15, 0.2) is 5.78 Å². The van der Waals surface area contributed by atoms with Crippen molar-refractivity contribution in [1.82, 2.24) is 0 Å². The first-order valence-electron chi connectivity index (χ1n) is 4.80. The van der Waals surface area contributed by atoms with Gasteiger partial charge in [0.05, 0.1) is 5.75 Å². The van der Waals surface area contributed by atoms with Gasteiger partial charge in [-0.25, -0.2) is 0 Å². The van der Waals surface area contributed by atoms with Gasteiger partial charge in [-0.2, -0.15) is 8.42 Å². The van der Waals surface area contributed by atoms with E-state index >= 15 is 0 Å². The van der Waals surface area contributed by atoms with E-state index in [9.17, 15) is 13.2 Å². The van der Waals surface area contributed by atoms with Gasteiger partial charge < -0.3 is 0 Å². The Kier molecular flexibility index (Phi) is 3.49. The molecule has 2 rings (SSSR count). The molecule has 0 fully saturated rings. The molecule has 1 aliphatic heterocycles. The minimum Gasteiger partial charge on any atom is -0.294 e. The summed E-state index contributed by atoms with van der Waals surface area (Å²) in [5, 5.41) is 0.0390. The summed E-state index contributed by atoms with van der Waals surface area (Å²) in [5.41, 5.74) is 0.522. The Morgan fingerprint density at radius 1 is 1.47 bits per heavy atom. The topological polar surface area (TPSA) is 71.4 Å². The van der Waals surface area contributed by atoms with Crippen molar-refractivity contribution in [2.24, 2.45) is 0 Å². The van der Waals surface area contributed by atoms with E-state index in [1.54, 1.807) is 18.2 Å². The van der Waals surface area contributed by atoms with Crippen molar-refractivity contribution in [2.45, 2.75) is 16.6 Å². The summed E-state index contributed by atoms with van der Waals surface area (Å²) in [6, 6.07) is 4.92. The van der Waals surface area contributed by atoms with Crippen LogP contribution in [-0.4, -0.2) is 29.8 Å². The number of hydrogen-bond donors (Lipinski definition) is 1. The zero-order valence-corrected chi connectivity index (χ0v) is 11.0. The lowest BCUT2D eigenvalue weighted by atomic mass is 10.1. The fourth-order valence-corrected chi connectivity index (χ4v) is 4.28. The Labute approximate surface area is 108 Å². The number of thioether (sulfide) groups is 1. The fourth-order valence-electron chi connectivity index (χ4n) is 1.69. The maximum absolute atomic E-state index is 11.8. The number of hydrogen-bond acceptors (Lipinski definition) is 4. The van der Waals surface area contributed by atoms with Crippen LogP contribution >= 0.6 is 23.4 Å². The predicted molar refractivity (Wildman–Crippen MR) is 66.5 cm³/mol. The zero-order valence-electron chi connectivity index (χ0n) is 8.59. The molecule has 7 heteroatoms. The van der Waals surface area contributed by atoms with Crippen molar-refractivity contribution in [1.29, 1.82) is 0 Å². The van der Waals surface area contributed by atoms with Gasteiger partial charge in [0.1, 0.15) is 0 Å². The first kappa shape index (κ1) is 12.9. The van der Waals surface area contributed by atoms with Gasteiger partial charge in [-0.05, 0) is 18.2 Å². The SMILES string of the molecule is O=C1CC(CS(=O)(=O)O)Sc2ccc(Cl)cc21. The normalized spacial score (nSPS) is 20.1. The first-order valence-corrected chi connectivity index (χ1v) is 7.66. The molecule has 1 unspecified atom stereocenters. The van der Waals surface area contributed by atoms with E-state index in [4.69, 9.17) is 16.2 Å². The molecule has 0 spiro atoms. The van der Waals surface area contributed by atoms with Crippen LogP contribution in [0.25, 0.3) is 0 Å². The van der Waals surface area contributed by atoms with Gasteiger partial charge >= 0.3 is 0 Å². The van der Waals surface area contributed by atoms with Crippen LogP contribution in [0.15, 0.2) is 23.1 Å². The number of benzene rings is 1. The summed E-state index contributed by atoms with van der Waals surface area (Å²) in [6.07, 6.45) is 0.0950. The van der Waals surface area contributed by atoms with Crippen LogP contribution in [0.3, 0.4) is 0 Å². The monoisotopic (exact) mass is 292 g/mol. The lowest BCUT2D eigenvalue weighted by molar-refractivity contribution is 0.0978. The van der Waals surface area contributed by atoms with Crippen LogP contribution in [-0.2, 0) is 10.1 Å². The van der Waals surface area contributed by atoms with E-state index in [2.05, 4.69) is 0 Å². The van der Waals surface area contributed by atoms with Crippen LogP contribution in [0.2, 0.25) is 5.02 Å². The summed E-state index contributed by atoms with van der Waals surface area (Å²) in [4.78, 5) is 12.5. The molecule has 0 amide bonds. The van der Waals surface area contributed by atoms with Crippen molar-refractivity contribution in [3.63, 3.8) is 0 Å². The van der Waals surface area contributed by atoms with E-state index < -0.39 is 21.1 Å². The molecular weight excluding hydrogens is 284 g/mol. The van der Waals surface area contributed by atoms with Crippen molar-refractivity contribution >= 4 is 39.3 Å². The standard InChI is InChI=1S/C10H9ClO4S2/c11-6-1-2-10-8(3-6)9(12)4-7(16-10)5-17(13,14)15/h1-3,7H,4-5H2,(H,13,14,15). The Hall–Kier alpha value is -0.560. The van der Waals surface area contributed by atoms with E-state index in [0.717, 1.165) is 0 Å². The molecule has 1 aromatic carbocycles. The predicted octanol–water partition coefficient (Wildman–Crippen LogP) is 2.27. The molecular formula is C10H9ClO4S2. The third-order valence-corrected chi connectivity index (χ3v) is 4.89. The highest BCUT2D eigenvalue weighted by Gasteiger charge is 2.28. The highest BCUT2D eigenvalue weighted by Crippen LogP contribution is 2.36. The molecule has 0 aromatic heterocycles. The molecule has 0 radical (unpaired) electrons. The van der Waals surface area contributed by atoms with Gasteiger partial charge in [0, 0.05) is 27.2 Å². The van der Waals surface area contributed by atoms with Crippen LogP contribution in [0.5, 0.6) is 0 Å². The van der Waals surface area contributed by atoms with Crippen molar-refractivity contribution in [3.8, 4) is 0 Å². The molecule has 4 nitrogen and oxygen atoms in total. The smallest absolute Gasteiger partial charge is 0.265 e. The Morgan fingerprint density at radius 2 is 2.18 bits per heavy atom. The minimum absolute atomic E-state index is 0.0950. The van der Waals surface area contributed by atoms with Gasteiger partial charge in [0.25, 0.3) is 10.1 Å². The number of Topliss-reactive ketones (excluding diaryl/α,β-unsaturated/α-hetero) is 1. The van der Waals surface area contributed by atoms with Gasteiger partial charge in [0.2, 0.25) is 0 Å². The van der Waals surface area contributed by atoms with Gasteiger partial charge in [-0.3, -0.25) is 9.35 Å². The largest absolute Gasteiger partial charge is 0.294 e. The molecule has 0 saturated carbocycles. The molecule has 0 bridgehead atoms. The maximum Gasteiger partial charge on any atom is 0.265 e. The second-order valence-corrected chi connectivity index (χ2v) is 7.03. The van der Waals surface area contributed by atoms with E-state index in [1.807, 2.05) is 0 Å². The van der Waals surface area contributed by atoms with Crippen molar-refractivity contribution in [2.75, 3.05) is 5.75 Å². The van der Waals surface area contributed by atoms with Crippen LogP contribution in [0.1, 0.15) is 16.8 Å². The molecule has 1 heterocycles. The number of halogens is 1. The van der Waals surface area contributed by atoms with Crippen LogP contribution < -0.4 is 0 Å². The lowest BCUT2D eigenvalue weighted by Crippen LogP contribution is -2.24. The molecule has 92 valence electrons. The maximum atomic E-state index is 11.8. The summed E-state index contributed by atoms with van der Waals surface area (Å²) < 4.78 is 30.3. The summed E-state index contributed by atoms with van der Waals surface area (Å²) in [6.45, 7) is 0. The molecule has 1 atom stereocenters. The number of ketones is 1. The molecule has 0 aliphatic carbocycles. The highest BCUT2D eigenvalue weighted by atomic mass is 35.5. The Morgan fingerprint density at radius 3 is 2.82 bits per heavy atom. The van der Waals surface area contributed by atoms with Crippen LogP contribution in [0, 0.1) is 0 Å². The second-order valence-electron chi connectivity index (χ2n) is 3.76. The average molecular weight is 293 g/mol. The molecule has 17 heavy (non-hydrogen) atoms. The van der Waals surface area contributed by atoms with Crippen molar-refractivity contribution in [3.05, 3.63) is 28.8 Å². The number of carbonyl (C=O) groups is 1. The fraction of sp³-hybridized carbons (Fsp3) is 0.300. The average Bonchev–Trinajstić information content (AvgIpc) is 2.17. The first-order chi connectivity index (χ1) is 7.85. The minimum atomic E-state index is -4.06.